The van der Waals surface area contributed by atoms with Crippen molar-refractivity contribution >= 4 is 0 Å². The van der Waals surface area contributed by atoms with E-state index in [9.17, 15) is 31.4 Å². The Morgan fingerprint density at radius 2 is 1.55 bits per heavy atom. The summed E-state index contributed by atoms with van der Waals surface area (Å²) in [6, 6.07) is 0. The first-order valence-corrected chi connectivity index (χ1v) is 5.61. The molecular formula is C11H16F6O3. The van der Waals surface area contributed by atoms with Gasteiger partial charge in [0.1, 0.15) is 0 Å². The van der Waals surface area contributed by atoms with Gasteiger partial charge >= 0.3 is 12.4 Å². The first kappa shape index (κ1) is 19.2. The van der Waals surface area contributed by atoms with Gasteiger partial charge in [-0.1, -0.05) is 13.5 Å². The summed E-state index contributed by atoms with van der Waals surface area (Å²) in [6.45, 7) is 5.81. The molecule has 0 fully saturated rings. The molecule has 0 aromatic rings. The number of alkyl halides is 6. The molecule has 3 nitrogen and oxygen atoms in total. The summed E-state index contributed by atoms with van der Waals surface area (Å²) in [5.74, 6) is 0. The first-order chi connectivity index (χ1) is 8.76. The topological polar surface area (TPSA) is 49.7 Å². The zero-order valence-electron chi connectivity index (χ0n) is 10.8. The highest BCUT2D eigenvalue weighted by Gasteiger charge is 2.70. The van der Waals surface area contributed by atoms with E-state index in [1.807, 2.05) is 0 Å². The van der Waals surface area contributed by atoms with Crippen LogP contribution in [0.4, 0.5) is 26.3 Å². The molecule has 20 heavy (non-hydrogen) atoms. The minimum atomic E-state index is -5.91. The molecule has 9 heteroatoms. The van der Waals surface area contributed by atoms with Gasteiger partial charge in [0.25, 0.3) is 5.60 Å². The minimum absolute atomic E-state index is 0.0195. The summed E-state index contributed by atoms with van der Waals surface area (Å²) in [5, 5.41) is 18.3. The number of rotatable bonds is 6. The summed E-state index contributed by atoms with van der Waals surface area (Å²) in [4.78, 5) is 0. The molecule has 0 saturated heterocycles. The van der Waals surface area contributed by atoms with Crippen molar-refractivity contribution in [2.45, 2.75) is 57.0 Å². The standard InChI is InChI=1S/C11H16F6O3/c1-4-7(20-8(18)6(2)3)5-9(19,10(12,13)14)11(15,16)17/h7-8,18-19H,2,4-5H2,1,3H3. The molecule has 0 aliphatic carbocycles. The van der Waals surface area contributed by atoms with E-state index in [4.69, 9.17) is 5.11 Å². The van der Waals surface area contributed by atoms with E-state index in [0.29, 0.717) is 0 Å². The third kappa shape index (κ3) is 4.35. The van der Waals surface area contributed by atoms with Gasteiger partial charge in [-0.2, -0.15) is 26.3 Å². The maximum absolute atomic E-state index is 12.5. The summed E-state index contributed by atoms with van der Waals surface area (Å²) in [7, 11) is 0. The highest BCUT2D eigenvalue weighted by molar-refractivity contribution is 4.97. The zero-order valence-corrected chi connectivity index (χ0v) is 10.8. The molecule has 0 aliphatic rings. The van der Waals surface area contributed by atoms with E-state index in [1.165, 1.54) is 13.8 Å². The van der Waals surface area contributed by atoms with E-state index >= 15 is 0 Å². The lowest BCUT2D eigenvalue weighted by atomic mass is 9.93. The van der Waals surface area contributed by atoms with Gasteiger partial charge < -0.3 is 14.9 Å². The Balaban J connectivity index is 5.20. The van der Waals surface area contributed by atoms with Crippen molar-refractivity contribution in [1.29, 1.82) is 0 Å². The smallest absolute Gasteiger partial charge is 0.374 e. The van der Waals surface area contributed by atoms with Gasteiger partial charge in [0, 0.05) is 6.42 Å². The van der Waals surface area contributed by atoms with E-state index in [0.717, 1.165) is 0 Å². The fourth-order valence-electron chi connectivity index (χ4n) is 1.31. The molecule has 0 aromatic heterocycles. The average molecular weight is 310 g/mol. The van der Waals surface area contributed by atoms with Crippen LogP contribution in [0.3, 0.4) is 0 Å². The predicted molar refractivity (Wildman–Crippen MR) is 57.7 cm³/mol. The number of hydrogen-bond acceptors (Lipinski definition) is 3. The normalized spacial score (nSPS) is 16.9. The molecule has 2 N–H and O–H groups in total. The van der Waals surface area contributed by atoms with Crippen LogP contribution in [-0.4, -0.2) is 40.6 Å². The molecule has 0 heterocycles. The van der Waals surface area contributed by atoms with Crippen LogP contribution in [0, 0.1) is 0 Å². The monoisotopic (exact) mass is 310 g/mol. The van der Waals surface area contributed by atoms with Gasteiger partial charge in [0.05, 0.1) is 6.10 Å². The number of hydrogen-bond donors (Lipinski definition) is 2. The van der Waals surface area contributed by atoms with E-state index in [1.54, 1.807) is 0 Å². The van der Waals surface area contributed by atoms with Crippen LogP contribution in [0.5, 0.6) is 0 Å². The second-order valence-corrected chi connectivity index (χ2v) is 4.42. The summed E-state index contributed by atoms with van der Waals surface area (Å²) < 4.78 is 79.6. The van der Waals surface area contributed by atoms with Gasteiger partial charge in [-0.05, 0) is 18.9 Å². The zero-order chi connectivity index (χ0) is 16.4. The lowest BCUT2D eigenvalue weighted by Crippen LogP contribution is -2.58. The van der Waals surface area contributed by atoms with Gasteiger partial charge in [0.15, 0.2) is 6.29 Å². The van der Waals surface area contributed by atoms with Crippen LogP contribution in [-0.2, 0) is 4.74 Å². The summed E-state index contributed by atoms with van der Waals surface area (Å²) in [5.41, 5.74) is -4.87. The van der Waals surface area contributed by atoms with Crippen LogP contribution in [0.25, 0.3) is 0 Å². The van der Waals surface area contributed by atoms with Crippen LogP contribution >= 0.6 is 0 Å². The highest BCUT2D eigenvalue weighted by atomic mass is 19.4. The van der Waals surface area contributed by atoms with E-state index < -0.39 is 36.8 Å². The second-order valence-electron chi connectivity index (χ2n) is 4.42. The van der Waals surface area contributed by atoms with Crippen molar-refractivity contribution in [3.63, 3.8) is 0 Å². The van der Waals surface area contributed by atoms with Gasteiger partial charge in [-0.25, -0.2) is 0 Å². The molecule has 0 saturated carbocycles. The summed E-state index contributed by atoms with van der Waals surface area (Å²) in [6.07, 6.45) is -17.2. The van der Waals surface area contributed by atoms with Crippen LogP contribution in [0.2, 0.25) is 0 Å². The lowest BCUT2D eigenvalue weighted by molar-refractivity contribution is -0.376. The summed E-state index contributed by atoms with van der Waals surface area (Å²) >= 11 is 0. The Morgan fingerprint density at radius 3 is 1.80 bits per heavy atom. The SMILES string of the molecule is C=C(C)C(O)OC(CC)CC(O)(C(F)(F)F)C(F)(F)F. The Hall–Kier alpha value is -0.800. The van der Waals surface area contributed by atoms with Gasteiger partial charge in [-0.15, -0.1) is 0 Å². The number of aliphatic hydroxyl groups is 2. The Kier molecular flexibility index (Phi) is 6.06. The molecule has 0 radical (unpaired) electrons. The molecule has 120 valence electrons. The second kappa shape index (κ2) is 6.31. The van der Waals surface area contributed by atoms with Crippen molar-refractivity contribution in [2.24, 2.45) is 0 Å². The molecular weight excluding hydrogens is 294 g/mol. The molecule has 0 aliphatic heterocycles. The average Bonchev–Trinajstić information content (AvgIpc) is 2.24. The fourth-order valence-corrected chi connectivity index (χ4v) is 1.31. The van der Waals surface area contributed by atoms with E-state index in [-0.39, 0.29) is 12.0 Å². The molecule has 0 aromatic carbocycles. The first-order valence-electron chi connectivity index (χ1n) is 5.61. The number of halogens is 6. The lowest BCUT2D eigenvalue weighted by Gasteiger charge is -2.35. The quantitative estimate of drug-likeness (QED) is 0.450. The molecule has 2 unspecified atom stereocenters. The van der Waals surface area contributed by atoms with Crippen molar-refractivity contribution in [2.75, 3.05) is 0 Å². The third-order valence-corrected chi connectivity index (χ3v) is 2.66. The van der Waals surface area contributed by atoms with Crippen molar-refractivity contribution in [3.8, 4) is 0 Å². The number of aliphatic hydroxyl groups excluding tert-OH is 1. The Bertz CT molecular complexity index is 322. The maximum atomic E-state index is 12.5. The molecule has 0 amide bonds. The Morgan fingerprint density at radius 1 is 1.15 bits per heavy atom. The van der Waals surface area contributed by atoms with Gasteiger partial charge in [-0.3, -0.25) is 0 Å². The molecule has 0 bridgehead atoms. The van der Waals surface area contributed by atoms with Gasteiger partial charge in [0.2, 0.25) is 0 Å². The maximum Gasteiger partial charge on any atom is 0.426 e. The largest absolute Gasteiger partial charge is 0.426 e. The highest BCUT2D eigenvalue weighted by Crippen LogP contribution is 2.46. The van der Waals surface area contributed by atoms with Crippen LogP contribution in [0.1, 0.15) is 26.7 Å². The fraction of sp³-hybridized carbons (Fsp3) is 0.818. The molecule has 0 rings (SSSR count). The minimum Gasteiger partial charge on any atom is -0.374 e. The Labute approximate surface area is 111 Å². The van der Waals surface area contributed by atoms with Crippen molar-refractivity contribution in [3.05, 3.63) is 12.2 Å². The van der Waals surface area contributed by atoms with Crippen molar-refractivity contribution in [1.82, 2.24) is 0 Å². The third-order valence-electron chi connectivity index (χ3n) is 2.66. The molecule has 2 atom stereocenters. The van der Waals surface area contributed by atoms with Crippen LogP contribution < -0.4 is 0 Å². The predicted octanol–water partition coefficient (Wildman–Crippen LogP) is 2.92. The van der Waals surface area contributed by atoms with Crippen molar-refractivity contribution < 1.29 is 41.3 Å². The number of ether oxygens (including phenoxy) is 1. The van der Waals surface area contributed by atoms with Crippen LogP contribution in [0.15, 0.2) is 12.2 Å². The van der Waals surface area contributed by atoms with E-state index in [2.05, 4.69) is 11.3 Å². The molecule has 0 spiro atoms.